The predicted molar refractivity (Wildman–Crippen MR) is 115 cm³/mol. The molecule has 1 saturated heterocycles. The molecular weight excluding hydrogens is 400 g/mol. The van der Waals surface area contributed by atoms with Crippen molar-refractivity contribution in [1.29, 1.82) is 0 Å². The third-order valence-corrected chi connectivity index (χ3v) is 8.00. The highest BCUT2D eigenvalue weighted by atomic mass is 32.2. The fraction of sp³-hybridized carbons (Fsp3) is 0.364. The van der Waals surface area contributed by atoms with Crippen LogP contribution in [0.2, 0.25) is 0 Å². The molecule has 0 radical (unpaired) electrons. The standard InChI is InChI=1S/C22H24N4O3S/c1-15(27)26-12-10-16-13-18(8-9-21(16)26)30(28,29)25-11-4-5-17(14-25)22-23-19-6-2-3-7-20(19)24-22/h2-3,6-9,13,17H,4-5,10-12,14H2,1H3,(H,23,24)/t17-/m1/s1. The Morgan fingerprint density at radius 1 is 1.17 bits per heavy atom. The maximum absolute atomic E-state index is 13.4. The van der Waals surface area contributed by atoms with Gasteiger partial charge in [-0.2, -0.15) is 4.31 Å². The number of nitrogens with one attached hydrogen (secondary N) is 1. The molecule has 30 heavy (non-hydrogen) atoms. The Kier molecular flexibility index (Phi) is 4.63. The molecule has 8 heteroatoms. The van der Waals surface area contributed by atoms with Crippen LogP contribution in [0.25, 0.3) is 11.0 Å². The number of hydrogen-bond donors (Lipinski definition) is 1. The third-order valence-electron chi connectivity index (χ3n) is 6.14. The Morgan fingerprint density at radius 3 is 2.80 bits per heavy atom. The topological polar surface area (TPSA) is 86.4 Å². The van der Waals surface area contributed by atoms with Gasteiger partial charge in [0, 0.05) is 38.2 Å². The van der Waals surface area contributed by atoms with Crippen molar-refractivity contribution >= 4 is 32.7 Å². The highest BCUT2D eigenvalue weighted by Crippen LogP contribution is 2.34. The third kappa shape index (κ3) is 3.20. The van der Waals surface area contributed by atoms with Crippen LogP contribution in [0.3, 0.4) is 0 Å². The van der Waals surface area contributed by atoms with Crippen molar-refractivity contribution in [3.63, 3.8) is 0 Å². The first-order valence-electron chi connectivity index (χ1n) is 10.3. The number of carbonyl (C=O) groups excluding carboxylic acids is 1. The smallest absolute Gasteiger partial charge is 0.243 e. The second-order valence-electron chi connectivity index (χ2n) is 8.05. The fourth-order valence-electron chi connectivity index (χ4n) is 4.56. The molecular formula is C22H24N4O3S. The normalized spacial score (nSPS) is 19.9. The van der Waals surface area contributed by atoms with E-state index in [1.807, 2.05) is 24.3 Å². The quantitative estimate of drug-likeness (QED) is 0.700. The molecule has 0 aliphatic carbocycles. The van der Waals surface area contributed by atoms with Gasteiger partial charge < -0.3 is 9.88 Å². The van der Waals surface area contributed by atoms with Gasteiger partial charge >= 0.3 is 0 Å². The van der Waals surface area contributed by atoms with Gasteiger partial charge in [-0.15, -0.1) is 0 Å². The second kappa shape index (κ2) is 7.21. The van der Waals surface area contributed by atoms with E-state index in [9.17, 15) is 13.2 Å². The Labute approximate surface area is 175 Å². The highest BCUT2D eigenvalue weighted by molar-refractivity contribution is 7.89. The molecule has 0 bridgehead atoms. The van der Waals surface area contributed by atoms with Crippen molar-refractivity contribution in [2.24, 2.45) is 0 Å². The molecule has 1 amide bonds. The SMILES string of the molecule is CC(=O)N1CCc2cc(S(=O)(=O)N3CCC[C@@H](c4nc5ccccc5[nH]4)C3)ccc21. The number of rotatable bonds is 3. The summed E-state index contributed by atoms with van der Waals surface area (Å²) in [7, 11) is -3.60. The van der Waals surface area contributed by atoms with Gasteiger partial charge in [-0.1, -0.05) is 12.1 Å². The van der Waals surface area contributed by atoms with Crippen LogP contribution in [-0.2, 0) is 21.2 Å². The maximum Gasteiger partial charge on any atom is 0.243 e. The van der Waals surface area contributed by atoms with Crippen LogP contribution < -0.4 is 4.90 Å². The van der Waals surface area contributed by atoms with E-state index in [2.05, 4.69) is 9.97 Å². The summed E-state index contributed by atoms with van der Waals surface area (Å²) in [6.07, 6.45) is 2.38. The zero-order valence-corrected chi connectivity index (χ0v) is 17.7. The minimum atomic E-state index is -3.60. The van der Waals surface area contributed by atoms with Crippen LogP contribution in [0.15, 0.2) is 47.4 Å². The first-order chi connectivity index (χ1) is 14.4. The van der Waals surface area contributed by atoms with Crippen LogP contribution in [-0.4, -0.2) is 48.2 Å². The van der Waals surface area contributed by atoms with Crippen LogP contribution in [0.5, 0.6) is 0 Å². The molecule has 2 aliphatic rings. The number of aromatic nitrogens is 2. The van der Waals surface area contributed by atoms with Crippen molar-refractivity contribution in [2.75, 3.05) is 24.5 Å². The Balaban J connectivity index is 1.41. The number of aromatic amines is 1. The molecule has 2 aromatic carbocycles. The Bertz CT molecular complexity index is 1200. The van der Waals surface area contributed by atoms with Gasteiger partial charge in [-0.05, 0) is 55.2 Å². The fourth-order valence-corrected chi connectivity index (χ4v) is 6.14. The molecule has 7 nitrogen and oxygen atoms in total. The summed E-state index contributed by atoms with van der Waals surface area (Å²) in [5, 5.41) is 0. The predicted octanol–water partition coefficient (Wildman–Crippen LogP) is 3.04. The zero-order valence-electron chi connectivity index (χ0n) is 16.8. The number of fused-ring (bicyclic) bond motifs is 2. The van der Waals surface area contributed by atoms with Crippen molar-refractivity contribution < 1.29 is 13.2 Å². The Morgan fingerprint density at radius 2 is 2.00 bits per heavy atom. The van der Waals surface area contributed by atoms with E-state index in [0.717, 1.165) is 41.0 Å². The Hall–Kier alpha value is -2.71. The minimum Gasteiger partial charge on any atom is -0.342 e. The van der Waals surface area contributed by atoms with Crippen LogP contribution in [0.1, 0.15) is 37.1 Å². The van der Waals surface area contributed by atoms with Gasteiger partial charge in [-0.3, -0.25) is 4.79 Å². The van der Waals surface area contributed by atoms with Gasteiger partial charge in [0.1, 0.15) is 5.82 Å². The first kappa shape index (κ1) is 19.3. The molecule has 2 aliphatic heterocycles. The molecule has 0 saturated carbocycles. The summed E-state index contributed by atoms with van der Waals surface area (Å²) >= 11 is 0. The van der Waals surface area contributed by atoms with Crippen LogP contribution in [0, 0.1) is 0 Å². The van der Waals surface area contributed by atoms with Crippen molar-refractivity contribution in [1.82, 2.24) is 14.3 Å². The number of sulfonamides is 1. The molecule has 0 spiro atoms. The van der Waals surface area contributed by atoms with Gasteiger partial charge in [0.25, 0.3) is 0 Å². The van der Waals surface area contributed by atoms with Crippen LogP contribution in [0.4, 0.5) is 5.69 Å². The molecule has 3 aromatic rings. The molecule has 1 aromatic heterocycles. The molecule has 156 valence electrons. The number of para-hydroxylation sites is 2. The van der Waals surface area contributed by atoms with Gasteiger partial charge in [-0.25, -0.2) is 13.4 Å². The van der Waals surface area contributed by atoms with Crippen molar-refractivity contribution in [3.8, 4) is 0 Å². The number of benzene rings is 2. The average molecular weight is 425 g/mol. The van der Waals surface area contributed by atoms with E-state index in [-0.39, 0.29) is 11.8 Å². The van der Waals surface area contributed by atoms with Crippen molar-refractivity contribution in [2.45, 2.75) is 37.0 Å². The van der Waals surface area contributed by atoms with E-state index in [1.165, 1.54) is 6.92 Å². The van der Waals surface area contributed by atoms with E-state index in [1.54, 1.807) is 27.4 Å². The summed E-state index contributed by atoms with van der Waals surface area (Å²) in [5.41, 5.74) is 3.61. The summed E-state index contributed by atoms with van der Waals surface area (Å²) in [6, 6.07) is 13.0. The largest absolute Gasteiger partial charge is 0.342 e. The lowest BCUT2D eigenvalue weighted by Crippen LogP contribution is -2.39. The zero-order chi connectivity index (χ0) is 20.9. The number of anilines is 1. The molecule has 0 unspecified atom stereocenters. The minimum absolute atomic E-state index is 0.0194. The number of H-pyrrole nitrogens is 1. The van der Waals surface area contributed by atoms with E-state index in [0.29, 0.717) is 31.0 Å². The summed E-state index contributed by atoms with van der Waals surface area (Å²) < 4.78 is 28.3. The van der Waals surface area contributed by atoms with Gasteiger partial charge in [0.15, 0.2) is 0 Å². The summed E-state index contributed by atoms with van der Waals surface area (Å²) in [5.74, 6) is 0.875. The molecule has 5 rings (SSSR count). The highest BCUT2D eigenvalue weighted by Gasteiger charge is 2.33. The van der Waals surface area contributed by atoms with Gasteiger partial charge in [0.2, 0.25) is 15.9 Å². The molecule has 3 heterocycles. The second-order valence-corrected chi connectivity index (χ2v) is 9.99. The monoisotopic (exact) mass is 424 g/mol. The van der Waals surface area contributed by atoms with Crippen molar-refractivity contribution in [3.05, 3.63) is 53.9 Å². The van der Waals surface area contributed by atoms with Crippen LogP contribution >= 0.6 is 0 Å². The molecule has 1 fully saturated rings. The number of hydrogen-bond acceptors (Lipinski definition) is 4. The summed E-state index contributed by atoms with van der Waals surface area (Å²) in [6.45, 7) is 3.06. The first-order valence-corrected chi connectivity index (χ1v) is 11.7. The number of carbonyl (C=O) groups is 1. The maximum atomic E-state index is 13.4. The number of piperidine rings is 1. The lowest BCUT2D eigenvalue weighted by atomic mass is 9.99. The lowest BCUT2D eigenvalue weighted by molar-refractivity contribution is -0.116. The van der Waals surface area contributed by atoms with E-state index >= 15 is 0 Å². The number of amides is 1. The summed E-state index contributed by atoms with van der Waals surface area (Å²) in [4.78, 5) is 21.8. The van der Waals surface area contributed by atoms with E-state index < -0.39 is 10.0 Å². The average Bonchev–Trinajstić information content (AvgIpc) is 3.37. The van der Waals surface area contributed by atoms with Gasteiger partial charge in [0.05, 0.1) is 15.9 Å². The number of nitrogens with zero attached hydrogens (tertiary/aromatic N) is 3. The molecule has 1 N–H and O–H groups in total. The number of imidazole rings is 1. The molecule has 1 atom stereocenters. The lowest BCUT2D eigenvalue weighted by Gasteiger charge is -2.31. The van der Waals surface area contributed by atoms with E-state index in [4.69, 9.17) is 0 Å².